The molecule has 1 atom stereocenters. The van der Waals surface area contributed by atoms with Crippen LogP contribution in [0.15, 0.2) is 53.4 Å². The van der Waals surface area contributed by atoms with E-state index in [1.165, 1.54) is 0 Å². The topological polar surface area (TPSA) is 69.7 Å². The molecule has 156 valence electrons. The zero-order valence-electron chi connectivity index (χ0n) is 16.0. The smallest absolute Gasteiger partial charge is 0.246 e. The molecule has 3 rings (SSSR count). The Balaban J connectivity index is 1.55. The van der Waals surface area contributed by atoms with Crippen LogP contribution < -0.4 is 5.32 Å². The Bertz CT molecular complexity index is 962. The molecule has 1 saturated heterocycles. The van der Waals surface area contributed by atoms with Crippen LogP contribution in [0.2, 0.25) is 0 Å². The molecule has 0 aromatic heterocycles. The molecular weight excluding hydrogens is 400 g/mol. The highest BCUT2D eigenvalue weighted by Gasteiger charge is 2.31. The Morgan fingerprint density at radius 2 is 1.72 bits per heavy atom. The molecule has 1 aliphatic heterocycles. The predicted molar refractivity (Wildman–Crippen MR) is 105 cm³/mol. The second-order valence-electron chi connectivity index (χ2n) is 6.95. The van der Waals surface area contributed by atoms with Gasteiger partial charge in [-0.15, -0.1) is 0 Å². The van der Waals surface area contributed by atoms with E-state index in [1.54, 1.807) is 0 Å². The first-order chi connectivity index (χ1) is 13.8. The maximum absolute atomic E-state index is 13.9. The fourth-order valence-corrected chi connectivity index (χ4v) is 4.76. The number of amides is 1. The number of halogens is 2. The summed E-state index contributed by atoms with van der Waals surface area (Å²) in [6, 6.07) is 11.8. The number of benzene rings is 2. The molecule has 2 aromatic rings. The summed E-state index contributed by atoms with van der Waals surface area (Å²) in [4.78, 5) is 13.5. The highest BCUT2D eigenvalue weighted by Crippen LogP contribution is 2.21. The first-order valence-electron chi connectivity index (χ1n) is 9.29. The van der Waals surface area contributed by atoms with E-state index in [9.17, 15) is 22.0 Å². The minimum absolute atomic E-state index is 0.0970. The van der Waals surface area contributed by atoms with Gasteiger partial charge in [0.1, 0.15) is 16.5 Å². The third-order valence-corrected chi connectivity index (χ3v) is 6.80. The monoisotopic (exact) mass is 423 g/mol. The lowest BCUT2D eigenvalue weighted by molar-refractivity contribution is -0.123. The third kappa shape index (κ3) is 5.17. The fraction of sp³-hybridized carbons (Fsp3) is 0.350. The summed E-state index contributed by atoms with van der Waals surface area (Å²) in [5, 5.41) is 2.92. The van der Waals surface area contributed by atoms with Crippen LogP contribution in [0.25, 0.3) is 0 Å². The van der Waals surface area contributed by atoms with Crippen molar-refractivity contribution in [2.75, 3.05) is 32.7 Å². The molecule has 1 heterocycles. The van der Waals surface area contributed by atoms with E-state index < -0.39 is 26.6 Å². The number of nitrogens with zero attached hydrogens (tertiary/aromatic N) is 2. The van der Waals surface area contributed by atoms with E-state index in [4.69, 9.17) is 0 Å². The molecule has 9 heteroatoms. The summed E-state index contributed by atoms with van der Waals surface area (Å²) in [7, 11) is -4.13. The molecule has 0 spiro atoms. The minimum atomic E-state index is -4.13. The van der Waals surface area contributed by atoms with Gasteiger partial charge in [-0.2, -0.15) is 4.31 Å². The lowest BCUT2D eigenvalue weighted by Gasteiger charge is -2.33. The van der Waals surface area contributed by atoms with Crippen molar-refractivity contribution in [2.24, 2.45) is 0 Å². The highest BCUT2D eigenvalue weighted by molar-refractivity contribution is 7.89. The van der Waals surface area contributed by atoms with Gasteiger partial charge in [0.2, 0.25) is 15.9 Å². The van der Waals surface area contributed by atoms with Crippen LogP contribution in [-0.4, -0.2) is 56.3 Å². The number of nitrogens with one attached hydrogen (secondary N) is 1. The SMILES string of the molecule is CC(NC(=O)CN1CCN(S(=O)(=O)c2cc(F)ccc2F)CC1)c1ccccc1. The molecule has 1 N–H and O–H groups in total. The number of carbonyl (C=O) groups is 1. The summed E-state index contributed by atoms with van der Waals surface area (Å²) < 4.78 is 53.6. The van der Waals surface area contributed by atoms with Crippen molar-refractivity contribution >= 4 is 15.9 Å². The second-order valence-corrected chi connectivity index (χ2v) is 8.86. The van der Waals surface area contributed by atoms with Gasteiger partial charge >= 0.3 is 0 Å². The Morgan fingerprint density at radius 1 is 1.07 bits per heavy atom. The Morgan fingerprint density at radius 3 is 2.38 bits per heavy atom. The molecule has 0 saturated carbocycles. The largest absolute Gasteiger partial charge is 0.348 e. The molecule has 2 aromatic carbocycles. The second kappa shape index (κ2) is 8.98. The number of hydrogen-bond acceptors (Lipinski definition) is 4. The lowest BCUT2D eigenvalue weighted by Crippen LogP contribution is -2.51. The molecule has 0 radical (unpaired) electrons. The van der Waals surface area contributed by atoms with Crippen molar-refractivity contribution < 1.29 is 22.0 Å². The molecular formula is C20H23F2N3O3S. The van der Waals surface area contributed by atoms with E-state index in [0.29, 0.717) is 19.2 Å². The average molecular weight is 423 g/mol. The summed E-state index contributed by atoms with van der Waals surface area (Å²) in [6.07, 6.45) is 0. The van der Waals surface area contributed by atoms with Crippen LogP contribution in [0.3, 0.4) is 0 Å². The molecule has 0 aliphatic carbocycles. The van der Waals surface area contributed by atoms with Crippen molar-refractivity contribution in [3.8, 4) is 0 Å². The summed E-state index contributed by atoms with van der Waals surface area (Å²) in [5.74, 6) is -1.95. The number of piperazine rings is 1. The minimum Gasteiger partial charge on any atom is -0.348 e. The molecule has 1 unspecified atom stereocenters. The van der Waals surface area contributed by atoms with Gasteiger partial charge < -0.3 is 5.32 Å². The molecule has 1 aliphatic rings. The van der Waals surface area contributed by atoms with E-state index in [1.807, 2.05) is 42.2 Å². The highest BCUT2D eigenvalue weighted by atomic mass is 32.2. The van der Waals surface area contributed by atoms with Crippen LogP contribution in [0, 0.1) is 11.6 Å². The van der Waals surface area contributed by atoms with Gasteiger partial charge in [0.15, 0.2) is 0 Å². The van der Waals surface area contributed by atoms with Crippen LogP contribution >= 0.6 is 0 Å². The summed E-state index contributed by atoms with van der Waals surface area (Å²) in [5.41, 5.74) is 0.994. The van der Waals surface area contributed by atoms with Crippen LogP contribution in [0.1, 0.15) is 18.5 Å². The van der Waals surface area contributed by atoms with Gasteiger partial charge in [-0.1, -0.05) is 30.3 Å². The van der Waals surface area contributed by atoms with E-state index in [2.05, 4.69) is 5.32 Å². The van der Waals surface area contributed by atoms with Gasteiger partial charge in [0, 0.05) is 26.2 Å². The van der Waals surface area contributed by atoms with Crippen LogP contribution in [0.5, 0.6) is 0 Å². The third-order valence-electron chi connectivity index (χ3n) is 4.89. The van der Waals surface area contributed by atoms with Crippen LogP contribution in [-0.2, 0) is 14.8 Å². The van der Waals surface area contributed by atoms with Crippen molar-refractivity contribution in [3.63, 3.8) is 0 Å². The predicted octanol–water partition coefficient (Wildman–Crippen LogP) is 2.15. The van der Waals surface area contributed by atoms with Crippen molar-refractivity contribution in [2.45, 2.75) is 17.9 Å². The fourth-order valence-electron chi connectivity index (χ4n) is 3.26. The summed E-state index contributed by atoms with van der Waals surface area (Å²) >= 11 is 0. The van der Waals surface area contributed by atoms with E-state index >= 15 is 0 Å². The zero-order chi connectivity index (χ0) is 21.0. The van der Waals surface area contributed by atoms with E-state index in [0.717, 1.165) is 22.0 Å². The lowest BCUT2D eigenvalue weighted by atomic mass is 10.1. The molecule has 0 bridgehead atoms. The van der Waals surface area contributed by atoms with Crippen LogP contribution in [0.4, 0.5) is 8.78 Å². The van der Waals surface area contributed by atoms with Crippen molar-refractivity contribution in [3.05, 3.63) is 65.7 Å². The number of sulfonamides is 1. The first kappa shape index (κ1) is 21.4. The van der Waals surface area contributed by atoms with Gasteiger partial charge in [-0.25, -0.2) is 17.2 Å². The average Bonchev–Trinajstić information content (AvgIpc) is 2.70. The van der Waals surface area contributed by atoms with E-state index in [-0.39, 0.29) is 31.6 Å². The molecule has 29 heavy (non-hydrogen) atoms. The van der Waals surface area contributed by atoms with Gasteiger partial charge in [0.05, 0.1) is 12.6 Å². The maximum atomic E-state index is 13.9. The Hall–Kier alpha value is -2.36. The zero-order valence-corrected chi connectivity index (χ0v) is 16.8. The maximum Gasteiger partial charge on any atom is 0.246 e. The first-order valence-corrected chi connectivity index (χ1v) is 10.7. The number of hydrogen-bond donors (Lipinski definition) is 1. The summed E-state index contributed by atoms with van der Waals surface area (Å²) in [6.45, 7) is 2.87. The van der Waals surface area contributed by atoms with Gasteiger partial charge in [0.25, 0.3) is 0 Å². The number of rotatable bonds is 6. The van der Waals surface area contributed by atoms with Gasteiger partial charge in [-0.3, -0.25) is 9.69 Å². The molecule has 1 fully saturated rings. The Kier molecular flexibility index (Phi) is 6.61. The standard InChI is InChI=1S/C20H23F2N3O3S/c1-15(16-5-3-2-4-6-16)23-20(26)14-24-9-11-25(12-10-24)29(27,28)19-13-17(21)7-8-18(19)22/h2-8,13,15H,9-12,14H2,1H3,(H,23,26). The Labute approximate surface area is 169 Å². The van der Waals surface area contributed by atoms with Crippen molar-refractivity contribution in [1.29, 1.82) is 0 Å². The van der Waals surface area contributed by atoms with Crippen molar-refractivity contribution in [1.82, 2.24) is 14.5 Å². The molecule has 6 nitrogen and oxygen atoms in total. The molecule has 1 amide bonds. The van der Waals surface area contributed by atoms with Gasteiger partial charge in [-0.05, 0) is 30.7 Å². The quantitative estimate of drug-likeness (QED) is 0.773. The number of carbonyl (C=O) groups excluding carboxylic acids is 1. The normalized spacial score (nSPS) is 17.1.